The molecule has 0 aromatic carbocycles. The van der Waals surface area contributed by atoms with E-state index in [1.807, 2.05) is 19.9 Å². The first-order valence-corrected chi connectivity index (χ1v) is 4.94. The number of rotatable bonds is 7. The van der Waals surface area contributed by atoms with E-state index in [1.165, 1.54) is 12.7 Å². The zero-order valence-electron chi connectivity index (χ0n) is 9.34. The topological polar surface area (TPSA) is 35.5 Å². The van der Waals surface area contributed by atoms with Crippen molar-refractivity contribution in [1.82, 2.24) is 0 Å². The first kappa shape index (κ1) is 13.2. The normalized spacial score (nSPS) is 9.64. The molecule has 0 unspecified atom stereocenters. The summed E-state index contributed by atoms with van der Waals surface area (Å²) in [4.78, 5) is 10.7. The third-order valence-electron chi connectivity index (χ3n) is 1.76. The molecule has 0 heterocycles. The standard InChI is InChI=1S/C11H20O3/c1-10(2)7-9-14-8-5-4-6-11(12)13-3/h7H,4-6,8-9H2,1-3H3. The number of carbonyl (C=O) groups is 1. The molecule has 0 saturated carbocycles. The highest BCUT2D eigenvalue weighted by Gasteiger charge is 1.98. The van der Waals surface area contributed by atoms with E-state index >= 15 is 0 Å². The molecule has 0 aliphatic heterocycles. The maximum Gasteiger partial charge on any atom is 0.305 e. The molecule has 0 fully saturated rings. The van der Waals surface area contributed by atoms with E-state index in [-0.39, 0.29) is 5.97 Å². The Morgan fingerprint density at radius 1 is 1.29 bits per heavy atom. The summed E-state index contributed by atoms with van der Waals surface area (Å²) in [7, 11) is 1.41. The molecule has 0 aliphatic carbocycles. The minimum Gasteiger partial charge on any atom is -0.469 e. The van der Waals surface area contributed by atoms with Crippen LogP contribution in [0.3, 0.4) is 0 Å². The van der Waals surface area contributed by atoms with Crippen LogP contribution in [0.2, 0.25) is 0 Å². The lowest BCUT2D eigenvalue weighted by atomic mass is 10.2. The minimum atomic E-state index is -0.144. The highest BCUT2D eigenvalue weighted by atomic mass is 16.5. The predicted octanol–water partition coefficient (Wildman–Crippen LogP) is 2.31. The van der Waals surface area contributed by atoms with Gasteiger partial charge in [-0.15, -0.1) is 0 Å². The second-order valence-electron chi connectivity index (χ2n) is 3.39. The summed E-state index contributed by atoms with van der Waals surface area (Å²) < 4.78 is 9.85. The summed E-state index contributed by atoms with van der Waals surface area (Å²) in [5, 5.41) is 0. The van der Waals surface area contributed by atoms with Gasteiger partial charge in [-0.3, -0.25) is 4.79 Å². The number of unbranched alkanes of at least 4 members (excludes halogenated alkanes) is 1. The van der Waals surface area contributed by atoms with Gasteiger partial charge in [-0.2, -0.15) is 0 Å². The van der Waals surface area contributed by atoms with E-state index in [0.717, 1.165) is 12.8 Å². The molecule has 3 nitrogen and oxygen atoms in total. The van der Waals surface area contributed by atoms with E-state index < -0.39 is 0 Å². The maximum atomic E-state index is 10.7. The Hall–Kier alpha value is -0.830. The van der Waals surface area contributed by atoms with Crippen molar-refractivity contribution >= 4 is 5.97 Å². The van der Waals surface area contributed by atoms with Crippen LogP contribution in [0.5, 0.6) is 0 Å². The van der Waals surface area contributed by atoms with Crippen molar-refractivity contribution in [2.24, 2.45) is 0 Å². The van der Waals surface area contributed by atoms with Crippen LogP contribution < -0.4 is 0 Å². The fraction of sp³-hybridized carbons (Fsp3) is 0.727. The van der Waals surface area contributed by atoms with Gasteiger partial charge in [0.2, 0.25) is 0 Å². The van der Waals surface area contributed by atoms with Gasteiger partial charge in [-0.25, -0.2) is 0 Å². The van der Waals surface area contributed by atoms with E-state index in [4.69, 9.17) is 4.74 Å². The van der Waals surface area contributed by atoms with Gasteiger partial charge in [0.15, 0.2) is 0 Å². The zero-order valence-corrected chi connectivity index (χ0v) is 9.34. The summed E-state index contributed by atoms with van der Waals surface area (Å²) >= 11 is 0. The van der Waals surface area contributed by atoms with E-state index in [9.17, 15) is 4.79 Å². The zero-order chi connectivity index (χ0) is 10.8. The van der Waals surface area contributed by atoms with Crippen molar-refractivity contribution in [3.8, 4) is 0 Å². The summed E-state index contributed by atoms with van der Waals surface area (Å²) in [6.45, 7) is 5.46. The lowest BCUT2D eigenvalue weighted by Crippen LogP contribution is -2.01. The van der Waals surface area contributed by atoms with Crippen molar-refractivity contribution < 1.29 is 14.3 Å². The van der Waals surface area contributed by atoms with E-state index in [2.05, 4.69) is 4.74 Å². The third-order valence-corrected chi connectivity index (χ3v) is 1.76. The van der Waals surface area contributed by atoms with Crippen LogP contribution in [-0.2, 0) is 14.3 Å². The Labute approximate surface area is 86.1 Å². The molecular formula is C11H20O3. The number of esters is 1. The van der Waals surface area contributed by atoms with Crippen LogP contribution in [-0.4, -0.2) is 26.3 Å². The van der Waals surface area contributed by atoms with Crippen molar-refractivity contribution in [2.75, 3.05) is 20.3 Å². The molecular weight excluding hydrogens is 180 g/mol. The Morgan fingerprint density at radius 2 is 2.00 bits per heavy atom. The van der Waals surface area contributed by atoms with Gasteiger partial charge in [0.1, 0.15) is 0 Å². The second kappa shape index (κ2) is 8.75. The average molecular weight is 200 g/mol. The van der Waals surface area contributed by atoms with Crippen LogP contribution in [0.15, 0.2) is 11.6 Å². The van der Waals surface area contributed by atoms with Gasteiger partial charge in [0.05, 0.1) is 13.7 Å². The molecule has 82 valence electrons. The summed E-state index contributed by atoms with van der Waals surface area (Å²) in [6.07, 6.45) is 4.27. The van der Waals surface area contributed by atoms with Crippen molar-refractivity contribution in [1.29, 1.82) is 0 Å². The number of carbonyl (C=O) groups excluding carboxylic acids is 1. The molecule has 0 N–H and O–H groups in total. The fourth-order valence-corrected chi connectivity index (χ4v) is 0.884. The number of hydrogen-bond donors (Lipinski definition) is 0. The molecule has 0 radical (unpaired) electrons. The van der Waals surface area contributed by atoms with E-state index in [0.29, 0.717) is 19.6 Å². The Morgan fingerprint density at radius 3 is 2.57 bits per heavy atom. The fourth-order valence-electron chi connectivity index (χ4n) is 0.884. The number of ether oxygens (including phenoxy) is 2. The predicted molar refractivity (Wildman–Crippen MR) is 56.1 cm³/mol. The molecule has 3 heteroatoms. The van der Waals surface area contributed by atoms with Gasteiger partial charge in [-0.1, -0.05) is 11.6 Å². The second-order valence-corrected chi connectivity index (χ2v) is 3.39. The summed E-state index contributed by atoms with van der Waals surface area (Å²) in [5.41, 5.74) is 1.26. The minimum absolute atomic E-state index is 0.144. The average Bonchev–Trinajstić information content (AvgIpc) is 2.15. The van der Waals surface area contributed by atoms with Crippen molar-refractivity contribution in [2.45, 2.75) is 33.1 Å². The van der Waals surface area contributed by atoms with Gasteiger partial charge in [-0.05, 0) is 26.7 Å². The van der Waals surface area contributed by atoms with Gasteiger partial charge in [0, 0.05) is 13.0 Å². The summed E-state index contributed by atoms with van der Waals surface area (Å²) in [5.74, 6) is -0.144. The van der Waals surface area contributed by atoms with Crippen LogP contribution in [0.1, 0.15) is 33.1 Å². The molecule has 0 aliphatic rings. The van der Waals surface area contributed by atoms with E-state index in [1.54, 1.807) is 0 Å². The SMILES string of the molecule is COC(=O)CCCCOCC=C(C)C. The number of methoxy groups -OCH3 is 1. The summed E-state index contributed by atoms with van der Waals surface area (Å²) in [6, 6.07) is 0. The molecule has 0 aromatic heterocycles. The molecule has 0 saturated heterocycles. The highest BCUT2D eigenvalue weighted by molar-refractivity contribution is 5.68. The third kappa shape index (κ3) is 9.26. The highest BCUT2D eigenvalue weighted by Crippen LogP contribution is 1.98. The van der Waals surface area contributed by atoms with Crippen LogP contribution in [0.25, 0.3) is 0 Å². The van der Waals surface area contributed by atoms with Crippen LogP contribution in [0.4, 0.5) is 0 Å². The Kier molecular flexibility index (Phi) is 8.24. The monoisotopic (exact) mass is 200 g/mol. The first-order chi connectivity index (χ1) is 6.66. The maximum absolute atomic E-state index is 10.7. The lowest BCUT2D eigenvalue weighted by molar-refractivity contribution is -0.140. The lowest BCUT2D eigenvalue weighted by Gasteiger charge is -2.01. The van der Waals surface area contributed by atoms with Crippen LogP contribution >= 0.6 is 0 Å². The Bertz CT molecular complexity index is 181. The number of allylic oxidation sites excluding steroid dienone is 1. The molecule has 0 spiro atoms. The van der Waals surface area contributed by atoms with Crippen molar-refractivity contribution in [3.63, 3.8) is 0 Å². The van der Waals surface area contributed by atoms with Crippen molar-refractivity contribution in [3.05, 3.63) is 11.6 Å². The number of hydrogen-bond acceptors (Lipinski definition) is 3. The molecule has 0 atom stereocenters. The quantitative estimate of drug-likeness (QED) is 0.359. The van der Waals surface area contributed by atoms with Crippen LogP contribution in [0, 0.1) is 0 Å². The smallest absolute Gasteiger partial charge is 0.305 e. The first-order valence-electron chi connectivity index (χ1n) is 4.94. The molecule has 0 rings (SSSR count). The molecule has 0 amide bonds. The van der Waals surface area contributed by atoms with Gasteiger partial charge >= 0.3 is 5.97 Å². The molecule has 0 bridgehead atoms. The molecule has 14 heavy (non-hydrogen) atoms. The largest absolute Gasteiger partial charge is 0.469 e. The molecule has 0 aromatic rings. The van der Waals surface area contributed by atoms with Gasteiger partial charge < -0.3 is 9.47 Å². The van der Waals surface area contributed by atoms with Gasteiger partial charge in [0.25, 0.3) is 0 Å². The Balaban J connectivity index is 3.14.